The summed E-state index contributed by atoms with van der Waals surface area (Å²) in [5, 5.41) is 21.3. The highest BCUT2D eigenvalue weighted by atomic mass is 16.3. The number of aryl methyl sites for hydroxylation is 1. The third kappa shape index (κ3) is 4.27. The molecule has 0 radical (unpaired) electrons. The number of aromatic nitrogens is 2. The molecule has 3 N–H and O–H groups in total. The molecule has 7 nitrogen and oxygen atoms in total. The minimum atomic E-state index is -0.945. The van der Waals surface area contributed by atoms with Gasteiger partial charge in [-0.05, 0) is 19.1 Å². The van der Waals surface area contributed by atoms with Crippen LogP contribution in [0.4, 0.5) is 5.82 Å². The standard InChI is InChI=1S/C17H22N4O3/c1-11-8-15(18-2)20-16(19-11)12-4-6-13(7-5-12)17(24)21(3)9-14(23)10-22/h4-8,14,22-23H,9-10H2,1-3H3,(H,18,19,20)/t14-/m1/s1. The average Bonchev–Trinajstić information content (AvgIpc) is 2.60. The molecule has 0 aliphatic rings. The number of amides is 1. The van der Waals surface area contributed by atoms with Gasteiger partial charge in [-0.3, -0.25) is 4.79 Å². The van der Waals surface area contributed by atoms with E-state index < -0.39 is 6.10 Å². The number of carbonyl (C=O) groups is 1. The zero-order valence-electron chi connectivity index (χ0n) is 14.0. The maximum atomic E-state index is 12.3. The highest BCUT2D eigenvalue weighted by molar-refractivity contribution is 5.94. The Morgan fingerprint density at radius 3 is 2.54 bits per heavy atom. The number of rotatable bonds is 6. The number of nitrogens with one attached hydrogen (secondary N) is 1. The van der Waals surface area contributed by atoms with Crippen LogP contribution in [0.15, 0.2) is 30.3 Å². The van der Waals surface area contributed by atoms with Crippen molar-refractivity contribution in [1.82, 2.24) is 14.9 Å². The van der Waals surface area contributed by atoms with Gasteiger partial charge in [-0.15, -0.1) is 0 Å². The van der Waals surface area contributed by atoms with Gasteiger partial charge in [0.2, 0.25) is 0 Å². The largest absolute Gasteiger partial charge is 0.394 e. The summed E-state index contributed by atoms with van der Waals surface area (Å²) in [6.07, 6.45) is -0.945. The first-order chi connectivity index (χ1) is 11.4. The van der Waals surface area contributed by atoms with Crippen LogP contribution in [-0.4, -0.2) is 64.3 Å². The summed E-state index contributed by atoms with van der Waals surface area (Å²) in [4.78, 5) is 22.5. The van der Waals surface area contributed by atoms with Crippen LogP contribution in [0.5, 0.6) is 0 Å². The van der Waals surface area contributed by atoms with Gasteiger partial charge in [0.05, 0.1) is 12.7 Å². The predicted molar refractivity (Wildman–Crippen MR) is 91.8 cm³/mol. The van der Waals surface area contributed by atoms with Crippen LogP contribution in [0.1, 0.15) is 16.1 Å². The average molecular weight is 330 g/mol. The number of aliphatic hydroxyl groups is 2. The number of likely N-dealkylation sites (N-methyl/N-ethyl adjacent to an activating group) is 1. The molecule has 0 saturated carbocycles. The molecule has 24 heavy (non-hydrogen) atoms. The highest BCUT2D eigenvalue weighted by Crippen LogP contribution is 2.19. The van der Waals surface area contributed by atoms with Gasteiger partial charge in [-0.2, -0.15) is 0 Å². The number of nitrogens with zero attached hydrogens (tertiary/aromatic N) is 3. The van der Waals surface area contributed by atoms with E-state index in [1.807, 2.05) is 13.0 Å². The first kappa shape index (κ1) is 17.8. The summed E-state index contributed by atoms with van der Waals surface area (Å²) in [5.41, 5.74) is 2.15. The van der Waals surface area contributed by atoms with Crippen LogP contribution < -0.4 is 5.32 Å². The molecule has 2 aromatic rings. The molecular weight excluding hydrogens is 308 g/mol. The van der Waals surface area contributed by atoms with E-state index >= 15 is 0 Å². The van der Waals surface area contributed by atoms with Crippen LogP contribution in [-0.2, 0) is 0 Å². The van der Waals surface area contributed by atoms with Gasteiger partial charge in [0.25, 0.3) is 5.91 Å². The van der Waals surface area contributed by atoms with Crippen LogP contribution in [0, 0.1) is 6.92 Å². The van der Waals surface area contributed by atoms with Gasteiger partial charge >= 0.3 is 0 Å². The van der Waals surface area contributed by atoms with Crippen molar-refractivity contribution in [2.24, 2.45) is 0 Å². The normalized spacial score (nSPS) is 11.9. The van der Waals surface area contributed by atoms with Gasteiger partial charge < -0.3 is 20.4 Å². The first-order valence-electron chi connectivity index (χ1n) is 7.63. The maximum absolute atomic E-state index is 12.3. The molecule has 1 amide bonds. The number of hydrogen-bond donors (Lipinski definition) is 3. The van der Waals surface area contributed by atoms with E-state index in [-0.39, 0.29) is 19.1 Å². The molecule has 2 rings (SSSR count). The van der Waals surface area contributed by atoms with Crippen molar-refractivity contribution in [3.8, 4) is 11.4 Å². The smallest absolute Gasteiger partial charge is 0.253 e. The fourth-order valence-corrected chi connectivity index (χ4v) is 2.26. The van der Waals surface area contributed by atoms with Crippen molar-refractivity contribution in [2.45, 2.75) is 13.0 Å². The summed E-state index contributed by atoms with van der Waals surface area (Å²) in [5.74, 6) is 1.09. The van der Waals surface area contributed by atoms with Gasteiger partial charge in [0.15, 0.2) is 5.82 Å². The van der Waals surface area contributed by atoms with E-state index in [9.17, 15) is 9.90 Å². The summed E-state index contributed by atoms with van der Waals surface area (Å²) in [6, 6.07) is 8.83. The van der Waals surface area contributed by atoms with E-state index in [1.54, 1.807) is 38.4 Å². The lowest BCUT2D eigenvalue weighted by Crippen LogP contribution is -2.35. The topological polar surface area (TPSA) is 98.6 Å². The molecule has 0 spiro atoms. The molecule has 128 valence electrons. The van der Waals surface area contributed by atoms with Crippen molar-refractivity contribution in [3.63, 3.8) is 0 Å². The molecule has 0 saturated heterocycles. The van der Waals surface area contributed by atoms with Crippen molar-refractivity contribution in [1.29, 1.82) is 0 Å². The maximum Gasteiger partial charge on any atom is 0.253 e. The van der Waals surface area contributed by atoms with Crippen molar-refractivity contribution in [3.05, 3.63) is 41.6 Å². The lowest BCUT2D eigenvalue weighted by atomic mass is 10.1. The Bertz CT molecular complexity index is 703. The van der Waals surface area contributed by atoms with E-state index in [2.05, 4.69) is 15.3 Å². The molecule has 1 aromatic carbocycles. The lowest BCUT2D eigenvalue weighted by Gasteiger charge is -2.19. The number of anilines is 1. The predicted octanol–water partition coefficient (Wildman–Crippen LogP) is 0.919. The van der Waals surface area contributed by atoms with Gasteiger partial charge in [0.1, 0.15) is 5.82 Å². The molecule has 0 unspecified atom stereocenters. The monoisotopic (exact) mass is 330 g/mol. The first-order valence-corrected chi connectivity index (χ1v) is 7.63. The van der Waals surface area contributed by atoms with Crippen LogP contribution in [0.2, 0.25) is 0 Å². The van der Waals surface area contributed by atoms with Gasteiger partial charge in [-0.25, -0.2) is 9.97 Å². The second-order valence-corrected chi connectivity index (χ2v) is 5.57. The fraction of sp³-hybridized carbons (Fsp3) is 0.353. The number of aliphatic hydroxyl groups excluding tert-OH is 2. The summed E-state index contributed by atoms with van der Waals surface area (Å²) in [7, 11) is 3.38. The second kappa shape index (κ2) is 7.85. The highest BCUT2D eigenvalue weighted by Gasteiger charge is 2.15. The van der Waals surface area contributed by atoms with Crippen LogP contribution >= 0.6 is 0 Å². The lowest BCUT2D eigenvalue weighted by molar-refractivity contribution is 0.0520. The molecule has 1 atom stereocenters. The Morgan fingerprint density at radius 1 is 1.29 bits per heavy atom. The van der Waals surface area contributed by atoms with E-state index in [1.165, 1.54) is 4.90 Å². The Balaban J connectivity index is 2.18. The Morgan fingerprint density at radius 2 is 1.96 bits per heavy atom. The third-order valence-electron chi connectivity index (χ3n) is 3.54. The minimum absolute atomic E-state index is 0.0730. The van der Waals surface area contributed by atoms with Crippen molar-refractivity contribution in [2.75, 3.05) is 32.6 Å². The van der Waals surface area contributed by atoms with E-state index in [4.69, 9.17) is 5.11 Å². The molecular formula is C17H22N4O3. The van der Waals surface area contributed by atoms with Crippen LogP contribution in [0.25, 0.3) is 11.4 Å². The van der Waals surface area contributed by atoms with Gasteiger partial charge in [-0.1, -0.05) is 12.1 Å². The summed E-state index contributed by atoms with van der Waals surface area (Å²) >= 11 is 0. The molecule has 0 bridgehead atoms. The molecule has 0 aliphatic carbocycles. The van der Waals surface area contributed by atoms with Gasteiger partial charge in [0, 0.05) is 43.5 Å². The molecule has 1 aromatic heterocycles. The third-order valence-corrected chi connectivity index (χ3v) is 3.54. The number of hydrogen-bond acceptors (Lipinski definition) is 6. The number of carbonyl (C=O) groups excluding carboxylic acids is 1. The minimum Gasteiger partial charge on any atom is -0.394 e. The molecule has 1 heterocycles. The van der Waals surface area contributed by atoms with E-state index in [0.717, 1.165) is 17.1 Å². The van der Waals surface area contributed by atoms with E-state index in [0.29, 0.717) is 11.4 Å². The molecule has 0 aliphatic heterocycles. The number of benzene rings is 1. The quantitative estimate of drug-likeness (QED) is 0.728. The Hall–Kier alpha value is -2.51. The molecule has 0 fully saturated rings. The molecule has 7 heteroatoms. The second-order valence-electron chi connectivity index (χ2n) is 5.57. The Kier molecular flexibility index (Phi) is 5.83. The summed E-state index contributed by atoms with van der Waals surface area (Å²) < 4.78 is 0. The summed E-state index contributed by atoms with van der Waals surface area (Å²) in [6.45, 7) is 1.59. The van der Waals surface area contributed by atoms with Crippen molar-refractivity contribution >= 4 is 11.7 Å². The zero-order valence-corrected chi connectivity index (χ0v) is 14.0. The van der Waals surface area contributed by atoms with Crippen molar-refractivity contribution < 1.29 is 15.0 Å². The zero-order chi connectivity index (χ0) is 17.7. The fourth-order valence-electron chi connectivity index (χ4n) is 2.26. The SMILES string of the molecule is CNc1cc(C)nc(-c2ccc(C(=O)N(C)C[C@@H](O)CO)cc2)n1. The Labute approximate surface area is 141 Å². The van der Waals surface area contributed by atoms with Crippen LogP contribution in [0.3, 0.4) is 0 Å².